The SMILES string of the molecule is CC(C)OC(=O)COc1cccc(CC2Sc3ccccc3N(Cc3ccccc3C(F)(F)F)C2=O)c1. The van der Waals surface area contributed by atoms with Crippen LogP contribution in [0.5, 0.6) is 5.75 Å². The average molecular weight is 530 g/mol. The molecule has 3 aromatic carbocycles. The van der Waals surface area contributed by atoms with Crippen molar-refractivity contribution in [3.63, 3.8) is 0 Å². The van der Waals surface area contributed by atoms with Gasteiger partial charge in [-0.05, 0) is 61.7 Å². The van der Waals surface area contributed by atoms with E-state index < -0.39 is 23.0 Å². The highest BCUT2D eigenvalue weighted by molar-refractivity contribution is 8.01. The molecular formula is C28H26F3NO4S. The van der Waals surface area contributed by atoms with E-state index >= 15 is 0 Å². The maximum absolute atomic E-state index is 13.6. The third kappa shape index (κ3) is 6.65. The van der Waals surface area contributed by atoms with Crippen LogP contribution in [0, 0.1) is 0 Å². The largest absolute Gasteiger partial charge is 0.482 e. The highest BCUT2D eigenvalue weighted by Crippen LogP contribution is 2.42. The number of amides is 1. The number of alkyl halides is 3. The molecule has 1 unspecified atom stereocenters. The Hall–Kier alpha value is -3.46. The van der Waals surface area contributed by atoms with Gasteiger partial charge in [-0.3, -0.25) is 4.79 Å². The number of rotatable bonds is 8. The van der Waals surface area contributed by atoms with Crippen LogP contribution in [-0.4, -0.2) is 29.8 Å². The van der Waals surface area contributed by atoms with Crippen LogP contribution in [0.15, 0.2) is 77.7 Å². The molecule has 4 rings (SSSR count). The second kappa shape index (κ2) is 11.3. The van der Waals surface area contributed by atoms with Gasteiger partial charge >= 0.3 is 12.1 Å². The lowest BCUT2D eigenvalue weighted by Gasteiger charge is -2.34. The molecule has 1 atom stereocenters. The summed E-state index contributed by atoms with van der Waals surface area (Å²) < 4.78 is 51.5. The van der Waals surface area contributed by atoms with Gasteiger partial charge in [0.25, 0.3) is 0 Å². The molecule has 1 aliphatic rings. The third-order valence-electron chi connectivity index (χ3n) is 5.66. The van der Waals surface area contributed by atoms with Crippen LogP contribution in [0.3, 0.4) is 0 Å². The third-order valence-corrected chi connectivity index (χ3v) is 6.91. The van der Waals surface area contributed by atoms with E-state index in [4.69, 9.17) is 9.47 Å². The number of para-hydroxylation sites is 1. The number of thioether (sulfide) groups is 1. The van der Waals surface area contributed by atoms with E-state index in [2.05, 4.69) is 0 Å². The zero-order valence-electron chi connectivity index (χ0n) is 20.3. The lowest BCUT2D eigenvalue weighted by molar-refractivity contribution is -0.149. The van der Waals surface area contributed by atoms with Crippen molar-refractivity contribution in [3.05, 3.63) is 89.5 Å². The van der Waals surface area contributed by atoms with E-state index in [1.54, 1.807) is 50.2 Å². The fraction of sp³-hybridized carbons (Fsp3) is 0.286. The van der Waals surface area contributed by atoms with Crippen LogP contribution in [0.4, 0.5) is 18.9 Å². The van der Waals surface area contributed by atoms with E-state index in [1.165, 1.54) is 28.8 Å². The minimum absolute atomic E-state index is 0.0347. The molecule has 0 fully saturated rings. The Kier molecular flexibility index (Phi) is 8.12. The first-order chi connectivity index (χ1) is 17.6. The zero-order valence-corrected chi connectivity index (χ0v) is 21.1. The number of carbonyl (C=O) groups is 2. The normalized spacial score (nSPS) is 15.5. The monoisotopic (exact) mass is 529 g/mol. The quantitative estimate of drug-likeness (QED) is 0.321. The Morgan fingerprint density at radius 1 is 1.03 bits per heavy atom. The van der Waals surface area contributed by atoms with Gasteiger partial charge in [-0.1, -0.05) is 42.5 Å². The number of anilines is 1. The topological polar surface area (TPSA) is 55.8 Å². The second-order valence-corrected chi connectivity index (χ2v) is 10.1. The first-order valence-corrected chi connectivity index (χ1v) is 12.6. The van der Waals surface area contributed by atoms with E-state index in [0.717, 1.165) is 16.5 Å². The van der Waals surface area contributed by atoms with Crippen molar-refractivity contribution in [1.82, 2.24) is 0 Å². The van der Waals surface area contributed by atoms with Gasteiger partial charge in [-0.25, -0.2) is 4.79 Å². The Balaban J connectivity index is 1.55. The molecule has 0 aliphatic carbocycles. The summed E-state index contributed by atoms with van der Waals surface area (Å²) >= 11 is 1.39. The summed E-state index contributed by atoms with van der Waals surface area (Å²) in [5.74, 6) is -0.292. The summed E-state index contributed by atoms with van der Waals surface area (Å²) in [4.78, 5) is 27.6. The smallest absolute Gasteiger partial charge is 0.416 e. The predicted molar refractivity (Wildman–Crippen MR) is 136 cm³/mol. The molecule has 3 aromatic rings. The summed E-state index contributed by atoms with van der Waals surface area (Å²) in [6.45, 7) is 3.07. The minimum atomic E-state index is -4.52. The number of halogens is 3. The summed E-state index contributed by atoms with van der Waals surface area (Å²) in [5.41, 5.74) is 0.672. The van der Waals surface area contributed by atoms with Crippen molar-refractivity contribution in [2.24, 2.45) is 0 Å². The average Bonchev–Trinajstić information content (AvgIpc) is 2.85. The Bertz CT molecular complexity index is 1280. The molecular weight excluding hydrogens is 503 g/mol. The molecule has 37 heavy (non-hydrogen) atoms. The molecule has 0 bridgehead atoms. The zero-order chi connectivity index (χ0) is 26.6. The summed E-state index contributed by atoms with van der Waals surface area (Å²) in [5, 5.41) is -0.547. The summed E-state index contributed by atoms with van der Waals surface area (Å²) in [6.07, 6.45) is -4.43. The molecule has 0 N–H and O–H groups in total. The first kappa shape index (κ1) is 26.6. The number of carbonyl (C=O) groups excluding carboxylic acids is 2. The van der Waals surface area contributed by atoms with Crippen LogP contribution >= 0.6 is 11.8 Å². The molecule has 0 saturated heterocycles. The summed E-state index contributed by atoms with van der Waals surface area (Å²) in [7, 11) is 0. The van der Waals surface area contributed by atoms with Crippen LogP contribution < -0.4 is 9.64 Å². The number of ether oxygens (including phenoxy) is 2. The van der Waals surface area contributed by atoms with Gasteiger partial charge in [0.05, 0.1) is 29.1 Å². The minimum Gasteiger partial charge on any atom is -0.482 e. The van der Waals surface area contributed by atoms with Crippen molar-refractivity contribution >= 4 is 29.3 Å². The molecule has 194 valence electrons. The van der Waals surface area contributed by atoms with Gasteiger partial charge in [0, 0.05) is 4.90 Å². The van der Waals surface area contributed by atoms with Crippen molar-refractivity contribution in [1.29, 1.82) is 0 Å². The summed E-state index contributed by atoms with van der Waals surface area (Å²) in [6, 6.07) is 19.6. The lowest BCUT2D eigenvalue weighted by atomic mass is 10.0. The highest BCUT2D eigenvalue weighted by Gasteiger charge is 2.37. The Morgan fingerprint density at radius 2 is 1.76 bits per heavy atom. The van der Waals surface area contributed by atoms with Crippen LogP contribution in [0.1, 0.15) is 30.5 Å². The van der Waals surface area contributed by atoms with Gasteiger partial charge in [0.1, 0.15) is 5.75 Å². The molecule has 9 heteroatoms. The maximum atomic E-state index is 13.6. The maximum Gasteiger partial charge on any atom is 0.416 e. The first-order valence-electron chi connectivity index (χ1n) is 11.7. The van der Waals surface area contributed by atoms with Crippen LogP contribution in [0.2, 0.25) is 0 Å². The number of fused-ring (bicyclic) bond motifs is 1. The standard InChI is InChI=1S/C28H26F3NO4S/c1-18(2)36-26(33)17-35-21-10-7-8-19(14-21)15-25-27(34)32(23-12-5-6-13-24(23)37-25)16-20-9-3-4-11-22(20)28(29,30)31/h3-14,18,25H,15-17H2,1-2H3. The van der Waals surface area contributed by atoms with Crippen molar-refractivity contribution in [2.45, 2.75) is 49.2 Å². The second-order valence-electron chi connectivity index (χ2n) is 8.83. The van der Waals surface area contributed by atoms with Gasteiger partial charge in [0.2, 0.25) is 5.91 Å². The van der Waals surface area contributed by atoms with Crippen LogP contribution in [0.25, 0.3) is 0 Å². The number of esters is 1. The Labute approximate surface area is 217 Å². The van der Waals surface area contributed by atoms with Crippen molar-refractivity contribution in [2.75, 3.05) is 11.5 Å². The predicted octanol–water partition coefficient (Wildman–Crippen LogP) is 6.29. The Morgan fingerprint density at radius 3 is 2.51 bits per heavy atom. The van der Waals surface area contributed by atoms with Crippen molar-refractivity contribution < 1.29 is 32.2 Å². The van der Waals surface area contributed by atoms with Gasteiger partial charge in [-0.2, -0.15) is 13.2 Å². The molecule has 1 aliphatic heterocycles. The molecule has 1 amide bonds. The van der Waals surface area contributed by atoms with Gasteiger partial charge in [-0.15, -0.1) is 11.8 Å². The molecule has 1 heterocycles. The van der Waals surface area contributed by atoms with E-state index in [9.17, 15) is 22.8 Å². The van der Waals surface area contributed by atoms with E-state index in [-0.39, 0.29) is 30.7 Å². The fourth-order valence-corrected chi connectivity index (χ4v) is 5.36. The lowest BCUT2D eigenvalue weighted by Crippen LogP contribution is -2.41. The van der Waals surface area contributed by atoms with E-state index in [1.807, 2.05) is 18.2 Å². The van der Waals surface area contributed by atoms with Crippen LogP contribution in [-0.2, 0) is 33.5 Å². The highest BCUT2D eigenvalue weighted by atomic mass is 32.2. The number of nitrogens with zero attached hydrogens (tertiary/aromatic N) is 1. The van der Waals surface area contributed by atoms with E-state index in [0.29, 0.717) is 17.9 Å². The number of hydrogen-bond donors (Lipinski definition) is 0. The number of hydrogen-bond acceptors (Lipinski definition) is 5. The van der Waals surface area contributed by atoms with Gasteiger partial charge < -0.3 is 14.4 Å². The van der Waals surface area contributed by atoms with Crippen molar-refractivity contribution in [3.8, 4) is 5.75 Å². The molecule has 0 spiro atoms. The molecule has 0 saturated carbocycles. The molecule has 5 nitrogen and oxygen atoms in total. The van der Waals surface area contributed by atoms with Gasteiger partial charge in [0.15, 0.2) is 6.61 Å². The molecule has 0 aromatic heterocycles. The fourth-order valence-electron chi connectivity index (χ4n) is 4.09. The number of benzene rings is 3. The molecule has 0 radical (unpaired) electrons.